The van der Waals surface area contributed by atoms with Crippen LogP contribution in [0, 0.1) is 0 Å². The predicted octanol–water partition coefficient (Wildman–Crippen LogP) is 1.12. The molecule has 1 atom stereocenters. The monoisotopic (exact) mass is 286 g/mol. The van der Waals surface area contributed by atoms with Crippen molar-refractivity contribution < 1.29 is 32.6 Å². The van der Waals surface area contributed by atoms with Crippen LogP contribution in [0.5, 0.6) is 0 Å². The van der Waals surface area contributed by atoms with Gasteiger partial charge in [-0.2, -0.15) is 13.2 Å². The summed E-state index contributed by atoms with van der Waals surface area (Å²) in [6.45, 7) is -0.0663. The molecule has 0 aliphatic heterocycles. The lowest BCUT2D eigenvalue weighted by atomic mass is 10.2. The number of rotatable bonds is 8. The number of carbonyl (C=O) groups is 2. The molecule has 112 valence electrons. The quantitative estimate of drug-likeness (QED) is 0.583. The highest BCUT2D eigenvalue weighted by Crippen LogP contribution is 2.13. The van der Waals surface area contributed by atoms with Crippen LogP contribution >= 0.6 is 0 Å². The number of hydrogen-bond acceptors (Lipinski definition) is 3. The summed E-state index contributed by atoms with van der Waals surface area (Å²) in [5.41, 5.74) is 0. The summed E-state index contributed by atoms with van der Waals surface area (Å²) in [6, 6.07) is -1.77. The van der Waals surface area contributed by atoms with Crippen molar-refractivity contribution in [2.24, 2.45) is 0 Å². The van der Waals surface area contributed by atoms with Crippen LogP contribution in [-0.2, 0) is 9.53 Å². The molecule has 6 nitrogen and oxygen atoms in total. The third-order valence-corrected chi connectivity index (χ3v) is 1.98. The predicted molar refractivity (Wildman–Crippen MR) is 59.7 cm³/mol. The smallest absolute Gasteiger partial charge is 0.411 e. The zero-order valence-electron chi connectivity index (χ0n) is 10.4. The molecule has 0 aromatic carbocycles. The second-order valence-corrected chi connectivity index (χ2v) is 3.75. The Balaban J connectivity index is 3.77. The largest absolute Gasteiger partial charge is 0.480 e. The van der Waals surface area contributed by atoms with Gasteiger partial charge in [-0.3, -0.25) is 0 Å². The van der Waals surface area contributed by atoms with E-state index < -0.39 is 30.8 Å². The molecule has 0 bridgehead atoms. The van der Waals surface area contributed by atoms with Crippen LogP contribution in [-0.4, -0.2) is 49.1 Å². The summed E-state index contributed by atoms with van der Waals surface area (Å²) in [5, 5.41) is 13.2. The van der Waals surface area contributed by atoms with E-state index in [9.17, 15) is 22.8 Å². The Morgan fingerprint density at radius 2 is 2.00 bits per heavy atom. The number of ether oxygens (including phenoxy) is 1. The molecule has 3 N–H and O–H groups in total. The molecule has 0 saturated carbocycles. The van der Waals surface area contributed by atoms with Crippen LogP contribution in [0.1, 0.15) is 19.8 Å². The third kappa shape index (κ3) is 10.1. The van der Waals surface area contributed by atoms with Crippen LogP contribution in [0.2, 0.25) is 0 Å². The molecule has 0 saturated heterocycles. The first kappa shape index (κ1) is 17.5. The van der Waals surface area contributed by atoms with Crippen LogP contribution in [0.3, 0.4) is 0 Å². The van der Waals surface area contributed by atoms with Crippen molar-refractivity contribution in [3.63, 3.8) is 0 Å². The molecular formula is C10H17F3N2O4. The Hall–Kier alpha value is -1.51. The first-order valence-electron chi connectivity index (χ1n) is 5.68. The van der Waals surface area contributed by atoms with Crippen LogP contribution in [0.4, 0.5) is 18.0 Å². The standard InChI is InChI=1S/C10H17F3N2O4/c1-2-3-7(8(16)17)15-9(18)14-4-5-19-6-10(11,12)13/h7H,2-6H2,1H3,(H,16,17)(H2,14,15,18)/t7-/m1/s1. The number of carboxylic acids is 1. The Labute approximate surface area is 108 Å². The highest BCUT2D eigenvalue weighted by atomic mass is 19.4. The van der Waals surface area contributed by atoms with Crippen LogP contribution < -0.4 is 10.6 Å². The van der Waals surface area contributed by atoms with Gasteiger partial charge in [-0.15, -0.1) is 0 Å². The molecular weight excluding hydrogens is 269 g/mol. The zero-order chi connectivity index (χ0) is 14.9. The molecule has 0 unspecified atom stereocenters. The number of carbonyl (C=O) groups excluding carboxylic acids is 1. The Kier molecular flexibility index (Phi) is 7.89. The first-order valence-corrected chi connectivity index (χ1v) is 5.68. The van der Waals surface area contributed by atoms with Crippen LogP contribution in [0.25, 0.3) is 0 Å². The normalized spacial score (nSPS) is 12.8. The van der Waals surface area contributed by atoms with E-state index in [2.05, 4.69) is 15.4 Å². The Morgan fingerprint density at radius 3 is 2.47 bits per heavy atom. The van der Waals surface area contributed by atoms with E-state index in [1.54, 1.807) is 6.92 Å². The second-order valence-electron chi connectivity index (χ2n) is 3.75. The fourth-order valence-electron chi connectivity index (χ4n) is 1.18. The minimum Gasteiger partial charge on any atom is -0.480 e. The van der Waals surface area contributed by atoms with Gasteiger partial charge >= 0.3 is 18.2 Å². The molecule has 19 heavy (non-hydrogen) atoms. The fraction of sp³-hybridized carbons (Fsp3) is 0.800. The molecule has 0 aliphatic carbocycles. The summed E-state index contributed by atoms with van der Waals surface area (Å²) < 4.78 is 39.4. The van der Waals surface area contributed by atoms with Gasteiger partial charge in [0.2, 0.25) is 0 Å². The summed E-state index contributed by atoms with van der Waals surface area (Å²) in [5.74, 6) is -1.16. The highest BCUT2D eigenvalue weighted by Gasteiger charge is 2.27. The van der Waals surface area contributed by atoms with Gasteiger partial charge < -0.3 is 20.5 Å². The van der Waals surface area contributed by atoms with Gasteiger partial charge in [0.25, 0.3) is 0 Å². The maximum Gasteiger partial charge on any atom is 0.411 e. The number of hydrogen-bond donors (Lipinski definition) is 3. The topological polar surface area (TPSA) is 87.7 Å². The summed E-state index contributed by atoms with van der Waals surface area (Å²) >= 11 is 0. The minimum atomic E-state index is -4.40. The van der Waals surface area contributed by atoms with Crippen molar-refractivity contribution in [1.29, 1.82) is 0 Å². The molecule has 0 spiro atoms. The number of aliphatic carboxylic acids is 1. The van der Waals surface area contributed by atoms with E-state index in [0.29, 0.717) is 6.42 Å². The lowest BCUT2D eigenvalue weighted by molar-refractivity contribution is -0.173. The number of carboxylic acid groups (broad SMARTS) is 1. The van der Waals surface area contributed by atoms with E-state index in [4.69, 9.17) is 5.11 Å². The summed E-state index contributed by atoms with van der Waals surface area (Å²) in [4.78, 5) is 21.9. The molecule has 2 amide bonds. The van der Waals surface area contributed by atoms with Crippen molar-refractivity contribution in [2.75, 3.05) is 19.8 Å². The molecule has 9 heteroatoms. The van der Waals surface area contributed by atoms with Gasteiger partial charge in [-0.05, 0) is 6.42 Å². The minimum absolute atomic E-state index is 0.139. The van der Waals surface area contributed by atoms with E-state index in [-0.39, 0.29) is 19.6 Å². The molecule has 0 heterocycles. The van der Waals surface area contributed by atoms with E-state index in [0.717, 1.165) is 0 Å². The maximum atomic E-state index is 11.7. The van der Waals surface area contributed by atoms with Gasteiger partial charge in [0.05, 0.1) is 6.61 Å². The maximum absolute atomic E-state index is 11.7. The Bertz CT molecular complexity index is 297. The van der Waals surface area contributed by atoms with E-state index in [1.165, 1.54) is 0 Å². The first-order chi connectivity index (χ1) is 8.76. The summed E-state index contributed by atoms with van der Waals surface area (Å²) in [6.07, 6.45) is -3.56. The number of halogens is 3. The van der Waals surface area contributed by atoms with Crippen molar-refractivity contribution in [2.45, 2.75) is 32.0 Å². The van der Waals surface area contributed by atoms with Gasteiger partial charge in [0.1, 0.15) is 12.6 Å². The van der Waals surface area contributed by atoms with Gasteiger partial charge in [-0.1, -0.05) is 13.3 Å². The average Bonchev–Trinajstić information content (AvgIpc) is 2.26. The summed E-state index contributed by atoms with van der Waals surface area (Å²) in [7, 11) is 0. The zero-order valence-corrected chi connectivity index (χ0v) is 10.4. The molecule has 0 radical (unpaired) electrons. The number of amides is 2. The second kappa shape index (κ2) is 8.57. The number of nitrogens with one attached hydrogen (secondary N) is 2. The van der Waals surface area contributed by atoms with Crippen molar-refractivity contribution in [1.82, 2.24) is 10.6 Å². The van der Waals surface area contributed by atoms with Gasteiger partial charge in [0.15, 0.2) is 0 Å². The highest BCUT2D eigenvalue weighted by molar-refractivity contribution is 5.82. The third-order valence-electron chi connectivity index (χ3n) is 1.98. The number of alkyl halides is 3. The molecule has 0 aliphatic rings. The van der Waals surface area contributed by atoms with Crippen molar-refractivity contribution in [3.8, 4) is 0 Å². The van der Waals surface area contributed by atoms with E-state index >= 15 is 0 Å². The van der Waals surface area contributed by atoms with Gasteiger partial charge in [-0.25, -0.2) is 9.59 Å². The SMILES string of the molecule is CCC[C@@H](NC(=O)NCCOCC(F)(F)F)C(=O)O. The molecule has 0 fully saturated rings. The molecule has 0 aromatic heterocycles. The van der Waals surface area contributed by atoms with Gasteiger partial charge in [0, 0.05) is 6.54 Å². The fourth-order valence-corrected chi connectivity index (χ4v) is 1.18. The average molecular weight is 286 g/mol. The molecule has 0 aromatic rings. The lowest BCUT2D eigenvalue weighted by Gasteiger charge is -2.14. The van der Waals surface area contributed by atoms with Crippen LogP contribution in [0.15, 0.2) is 0 Å². The van der Waals surface area contributed by atoms with Crippen molar-refractivity contribution in [3.05, 3.63) is 0 Å². The number of urea groups is 1. The molecule has 0 rings (SSSR count). The Morgan fingerprint density at radius 1 is 1.37 bits per heavy atom. The lowest BCUT2D eigenvalue weighted by Crippen LogP contribution is -2.46. The van der Waals surface area contributed by atoms with Crippen molar-refractivity contribution >= 4 is 12.0 Å². The van der Waals surface area contributed by atoms with E-state index in [1.807, 2.05) is 0 Å².